The molecule has 9 heteroatoms. The number of furan rings is 1. The fourth-order valence-corrected chi connectivity index (χ4v) is 4.49. The van der Waals surface area contributed by atoms with Crippen molar-refractivity contribution in [3.05, 3.63) is 53.5 Å². The summed E-state index contributed by atoms with van der Waals surface area (Å²) in [6, 6.07) is 7.57. The number of Topliss-reactive ketones (excluding diaryl/α,β-unsaturated/α-hetero) is 1. The van der Waals surface area contributed by atoms with Crippen LogP contribution in [0.2, 0.25) is 0 Å². The Morgan fingerprint density at radius 3 is 2.55 bits per heavy atom. The van der Waals surface area contributed by atoms with Gasteiger partial charge in [0.15, 0.2) is 11.5 Å². The highest BCUT2D eigenvalue weighted by molar-refractivity contribution is 6.46. The Kier molecular flexibility index (Phi) is 6.06. The molecule has 0 radical (unpaired) electrons. The summed E-state index contributed by atoms with van der Waals surface area (Å²) in [4.78, 5) is 29.8. The number of hydrogen-bond donors (Lipinski definition) is 1. The number of hydrogen-bond acceptors (Lipinski definition) is 8. The largest absolute Gasteiger partial charge is 0.507 e. The van der Waals surface area contributed by atoms with E-state index in [0.29, 0.717) is 62.2 Å². The number of likely N-dealkylation sites (tertiary alicyclic amines) is 1. The molecule has 3 aliphatic heterocycles. The van der Waals surface area contributed by atoms with E-state index in [2.05, 4.69) is 4.90 Å². The van der Waals surface area contributed by atoms with Gasteiger partial charge >= 0.3 is 0 Å². The fraction of sp³-hybridized carbons (Fsp3) is 0.417. The van der Waals surface area contributed by atoms with Gasteiger partial charge in [-0.15, -0.1) is 0 Å². The van der Waals surface area contributed by atoms with Gasteiger partial charge in [-0.2, -0.15) is 0 Å². The monoisotopic (exact) mass is 454 g/mol. The van der Waals surface area contributed by atoms with Gasteiger partial charge < -0.3 is 28.6 Å². The number of carbonyl (C=O) groups is 2. The first kappa shape index (κ1) is 21.5. The van der Waals surface area contributed by atoms with Gasteiger partial charge in [0.1, 0.15) is 30.8 Å². The first-order valence-electron chi connectivity index (χ1n) is 11.2. The molecule has 9 nitrogen and oxygen atoms in total. The number of amides is 1. The molecule has 33 heavy (non-hydrogen) atoms. The molecule has 0 unspecified atom stereocenters. The van der Waals surface area contributed by atoms with Gasteiger partial charge in [-0.25, -0.2) is 0 Å². The Morgan fingerprint density at radius 2 is 1.79 bits per heavy atom. The normalized spacial score (nSPS) is 22.7. The van der Waals surface area contributed by atoms with Crippen LogP contribution in [0.15, 0.2) is 46.6 Å². The van der Waals surface area contributed by atoms with Gasteiger partial charge in [-0.3, -0.25) is 14.5 Å². The van der Waals surface area contributed by atoms with E-state index in [4.69, 9.17) is 18.6 Å². The fourth-order valence-electron chi connectivity index (χ4n) is 4.49. The van der Waals surface area contributed by atoms with Gasteiger partial charge in [-0.1, -0.05) is 0 Å². The minimum atomic E-state index is -0.794. The van der Waals surface area contributed by atoms with Gasteiger partial charge in [0.2, 0.25) is 0 Å². The smallest absolute Gasteiger partial charge is 0.295 e. The van der Waals surface area contributed by atoms with Crippen molar-refractivity contribution in [3.63, 3.8) is 0 Å². The number of ether oxygens (including phenoxy) is 3. The maximum Gasteiger partial charge on any atom is 0.295 e. The standard InChI is InChI=1S/C24H26N2O7/c27-22(16-4-5-17-19(15-16)33-14-13-32-17)20-21(18-3-1-10-31-18)26(24(29)23(20)28)7-2-6-25-8-11-30-12-9-25/h1,3-5,10,15,21,27H,2,6-9,11-14H2/t21-/m0/s1. The number of carbonyl (C=O) groups excluding carboxylic acids is 2. The molecule has 5 rings (SSSR count). The molecular weight excluding hydrogens is 428 g/mol. The van der Waals surface area contributed by atoms with Crippen molar-refractivity contribution in [2.24, 2.45) is 0 Å². The third-order valence-electron chi connectivity index (χ3n) is 6.15. The Hall–Kier alpha value is -3.30. The molecule has 0 spiro atoms. The summed E-state index contributed by atoms with van der Waals surface area (Å²) in [7, 11) is 0. The van der Waals surface area contributed by atoms with Crippen molar-refractivity contribution in [3.8, 4) is 11.5 Å². The van der Waals surface area contributed by atoms with Gasteiger partial charge in [0.05, 0.1) is 25.1 Å². The van der Waals surface area contributed by atoms with E-state index in [1.807, 2.05) is 0 Å². The first-order chi connectivity index (χ1) is 16.1. The molecule has 1 aromatic heterocycles. The van der Waals surface area contributed by atoms with Crippen molar-refractivity contribution in [2.75, 3.05) is 52.6 Å². The summed E-state index contributed by atoms with van der Waals surface area (Å²) < 4.78 is 22.1. The lowest BCUT2D eigenvalue weighted by atomic mass is 9.99. The van der Waals surface area contributed by atoms with Gasteiger partial charge in [-0.05, 0) is 36.8 Å². The second-order valence-electron chi connectivity index (χ2n) is 8.17. The van der Waals surface area contributed by atoms with Crippen LogP contribution in [0.3, 0.4) is 0 Å². The number of fused-ring (bicyclic) bond motifs is 1. The highest BCUT2D eigenvalue weighted by atomic mass is 16.6. The summed E-state index contributed by atoms with van der Waals surface area (Å²) in [5, 5.41) is 11.1. The lowest BCUT2D eigenvalue weighted by Gasteiger charge is -2.28. The zero-order chi connectivity index (χ0) is 22.8. The zero-order valence-electron chi connectivity index (χ0n) is 18.2. The molecule has 1 N–H and O–H groups in total. The number of aliphatic hydroxyl groups is 1. The van der Waals surface area contributed by atoms with Crippen LogP contribution in [0.25, 0.3) is 5.76 Å². The average molecular weight is 454 g/mol. The van der Waals surface area contributed by atoms with Gasteiger partial charge in [0.25, 0.3) is 11.7 Å². The number of morpholine rings is 1. The van der Waals surface area contributed by atoms with Crippen molar-refractivity contribution < 1.29 is 33.3 Å². The summed E-state index contributed by atoms with van der Waals surface area (Å²) in [6.45, 7) is 5.11. The Balaban J connectivity index is 1.44. The van der Waals surface area contributed by atoms with E-state index in [1.165, 1.54) is 11.2 Å². The molecule has 0 saturated carbocycles. The second kappa shape index (κ2) is 9.29. The van der Waals surface area contributed by atoms with Crippen LogP contribution in [0.4, 0.5) is 0 Å². The number of nitrogens with zero attached hydrogens (tertiary/aromatic N) is 2. The number of benzene rings is 1. The molecule has 0 aliphatic carbocycles. The van der Waals surface area contributed by atoms with Crippen LogP contribution in [0.1, 0.15) is 23.8 Å². The van der Waals surface area contributed by atoms with Crippen LogP contribution in [-0.2, 0) is 14.3 Å². The molecule has 2 aromatic rings. The molecule has 1 amide bonds. The van der Waals surface area contributed by atoms with Crippen LogP contribution < -0.4 is 9.47 Å². The lowest BCUT2D eigenvalue weighted by Crippen LogP contribution is -2.38. The molecule has 2 fully saturated rings. The highest BCUT2D eigenvalue weighted by Crippen LogP contribution is 2.41. The maximum atomic E-state index is 13.1. The number of aliphatic hydroxyl groups excluding tert-OH is 1. The van der Waals surface area contributed by atoms with E-state index < -0.39 is 17.7 Å². The quantitative estimate of drug-likeness (QED) is 0.403. The van der Waals surface area contributed by atoms with Crippen molar-refractivity contribution in [1.29, 1.82) is 0 Å². The Morgan fingerprint density at radius 1 is 1.00 bits per heavy atom. The average Bonchev–Trinajstić information content (AvgIpc) is 3.47. The lowest BCUT2D eigenvalue weighted by molar-refractivity contribution is -0.140. The Bertz CT molecular complexity index is 1060. The summed E-state index contributed by atoms with van der Waals surface area (Å²) >= 11 is 0. The molecule has 174 valence electrons. The predicted octanol–water partition coefficient (Wildman–Crippen LogP) is 2.19. The molecule has 1 aromatic carbocycles. The van der Waals surface area contributed by atoms with E-state index in [0.717, 1.165) is 19.6 Å². The van der Waals surface area contributed by atoms with Gasteiger partial charge in [0, 0.05) is 31.7 Å². The number of ketones is 1. The molecule has 2 saturated heterocycles. The van der Waals surface area contributed by atoms with Crippen LogP contribution in [0, 0.1) is 0 Å². The van der Waals surface area contributed by atoms with Crippen LogP contribution >= 0.6 is 0 Å². The van der Waals surface area contributed by atoms with E-state index >= 15 is 0 Å². The first-order valence-corrected chi connectivity index (χ1v) is 11.2. The topological polar surface area (TPSA) is 102 Å². The van der Waals surface area contributed by atoms with Crippen LogP contribution in [-0.4, -0.2) is 79.2 Å². The zero-order valence-corrected chi connectivity index (χ0v) is 18.2. The molecule has 4 heterocycles. The molecular formula is C24H26N2O7. The summed E-state index contributed by atoms with van der Waals surface area (Å²) in [5.74, 6) is -0.141. The summed E-state index contributed by atoms with van der Waals surface area (Å²) in [6.07, 6.45) is 2.18. The Labute approximate surface area is 191 Å². The van der Waals surface area contributed by atoms with E-state index in [1.54, 1.807) is 30.3 Å². The highest BCUT2D eigenvalue weighted by Gasteiger charge is 2.47. The van der Waals surface area contributed by atoms with Crippen molar-refractivity contribution in [1.82, 2.24) is 9.80 Å². The minimum absolute atomic E-state index is 0.0120. The second-order valence-corrected chi connectivity index (χ2v) is 8.17. The van der Waals surface area contributed by atoms with Crippen molar-refractivity contribution >= 4 is 17.4 Å². The minimum Gasteiger partial charge on any atom is -0.507 e. The third-order valence-corrected chi connectivity index (χ3v) is 6.15. The molecule has 3 aliphatic rings. The third kappa shape index (κ3) is 4.21. The van der Waals surface area contributed by atoms with Crippen LogP contribution in [0.5, 0.6) is 11.5 Å². The maximum absolute atomic E-state index is 13.1. The number of rotatable bonds is 6. The van der Waals surface area contributed by atoms with E-state index in [-0.39, 0.29) is 11.3 Å². The predicted molar refractivity (Wildman–Crippen MR) is 117 cm³/mol. The molecule has 0 bridgehead atoms. The summed E-state index contributed by atoms with van der Waals surface area (Å²) in [5.41, 5.74) is 0.389. The van der Waals surface area contributed by atoms with E-state index in [9.17, 15) is 14.7 Å². The SMILES string of the molecule is O=C1C(=O)N(CCCN2CCOCC2)[C@@H](c2ccco2)C1=C(O)c1ccc2c(c1)OCCO2. The van der Waals surface area contributed by atoms with Crippen molar-refractivity contribution in [2.45, 2.75) is 12.5 Å². The molecule has 1 atom stereocenters.